The topological polar surface area (TPSA) is 87.5 Å². The van der Waals surface area contributed by atoms with Crippen molar-refractivity contribution in [1.29, 1.82) is 0 Å². The van der Waals surface area contributed by atoms with Crippen LogP contribution in [-0.2, 0) is 11.2 Å². The van der Waals surface area contributed by atoms with Crippen LogP contribution in [0.1, 0.15) is 41.6 Å². The molecule has 4 N–H and O–H groups in total. The van der Waals surface area contributed by atoms with Crippen molar-refractivity contribution < 1.29 is 9.59 Å². The first-order valence-electron chi connectivity index (χ1n) is 9.79. The van der Waals surface area contributed by atoms with Crippen molar-refractivity contribution in [3.63, 3.8) is 0 Å². The van der Waals surface area contributed by atoms with Gasteiger partial charge in [0.2, 0.25) is 5.91 Å². The minimum Gasteiger partial charge on any atom is -0.384 e. The number of fused-ring (bicyclic) bond motifs is 1. The number of carbonyl (C=O) groups is 2. The van der Waals surface area contributed by atoms with E-state index in [4.69, 9.17) is 5.73 Å². The van der Waals surface area contributed by atoms with Gasteiger partial charge >= 0.3 is 0 Å². The lowest BCUT2D eigenvalue weighted by Crippen LogP contribution is -2.41. The van der Waals surface area contributed by atoms with Gasteiger partial charge in [-0.3, -0.25) is 9.59 Å². The quantitative estimate of drug-likeness (QED) is 0.718. The van der Waals surface area contributed by atoms with Crippen molar-refractivity contribution in [3.8, 4) is 0 Å². The molecular weight excluding hydrogens is 328 g/mol. The van der Waals surface area contributed by atoms with Gasteiger partial charge in [-0.2, -0.15) is 0 Å². The average Bonchev–Trinajstić information content (AvgIpc) is 3.41. The molecule has 0 aromatic heterocycles. The maximum absolute atomic E-state index is 13.0. The second-order valence-electron chi connectivity index (χ2n) is 7.93. The van der Waals surface area contributed by atoms with Crippen LogP contribution < -0.4 is 16.4 Å². The van der Waals surface area contributed by atoms with Gasteiger partial charge in [0.15, 0.2) is 0 Å². The van der Waals surface area contributed by atoms with Crippen molar-refractivity contribution in [2.75, 3.05) is 31.5 Å². The number of anilines is 1. The summed E-state index contributed by atoms with van der Waals surface area (Å²) in [6, 6.07) is 6.15. The summed E-state index contributed by atoms with van der Waals surface area (Å²) in [7, 11) is 0. The number of aryl methyl sites for hydroxylation is 1. The molecule has 0 bridgehead atoms. The molecule has 140 valence electrons. The predicted octanol–water partition coefficient (Wildman–Crippen LogP) is 1.36. The van der Waals surface area contributed by atoms with Crippen molar-refractivity contribution in [3.05, 3.63) is 29.3 Å². The molecule has 6 heteroatoms. The number of nitrogens with two attached hydrogens (primary N) is 1. The molecule has 2 amide bonds. The molecule has 3 aliphatic rings. The van der Waals surface area contributed by atoms with Crippen LogP contribution in [0.4, 0.5) is 5.69 Å². The Morgan fingerprint density at radius 1 is 1.27 bits per heavy atom. The molecule has 2 fully saturated rings. The van der Waals surface area contributed by atoms with Gasteiger partial charge in [-0.25, -0.2) is 0 Å². The number of nitrogens with zero attached hydrogens (tertiary/aromatic N) is 1. The Morgan fingerprint density at radius 3 is 2.88 bits per heavy atom. The highest BCUT2D eigenvalue weighted by molar-refractivity contribution is 6.00. The zero-order valence-electron chi connectivity index (χ0n) is 15.2. The molecule has 1 saturated heterocycles. The van der Waals surface area contributed by atoms with E-state index in [-0.39, 0.29) is 17.9 Å². The normalized spacial score (nSPS) is 25.4. The number of carbonyl (C=O) groups excluding carboxylic acids is 2. The van der Waals surface area contributed by atoms with Crippen LogP contribution in [0, 0.1) is 11.8 Å². The van der Waals surface area contributed by atoms with Crippen LogP contribution in [0.15, 0.2) is 18.2 Å². The summed E-state index contributed by atoms with van der Waals surface area (Å²) in [5.74, 6) is 0.951. The van der Waals surface area contributed by atoms with Crippen LogP contribution in [0.25, 0.3) is 0 Å². The smallest absolute Gasteiger partial charge is 0.253 e. The molecule has 0 spiro atoms. The van der Waals surface area contributed by atoms with E-state index >= 15 is 0 Å². The molecule has 1 saturated carbocycles. The number of nitrogens with one attached hydrogen (secondary N) is 2. The molecule has 0 unspecified atom stereocenters. The standard InChI is InChI=1S/C20H28N4O2/c21-18(25)8-10-24-11-16(13-6-7-13)17(12-24)23-20(26)15-5-1-3-14-4-2-9-22-19(14)15/h1,3,5,13,16-17,22H,2,4,6-12H2,(H2,21,25)(H,23,26)/t16-,17+/m1/s1. The molecule has 2 heterocycles. The highest BCUT2D eigenvalue weighted by Crippen LogP contribution is 2.41. The number of hydrogen-bond donors (Lipinski definition) is 3. The summed E-state index contributed by atoms with van der Waals surface area (Å²) >= 11 is 0. The van der Waals surface area contributed by atoms with E-state index < -0.39 is 0 Å². The summed E-state index contributed by atoms with van der Waals surface area (Å²) in [6.07, 6.45) is 5.03. The highest BCUT2D eigenvalue weighted by Gasteiger charge is 2.43. The van der Waals surface area contributed by atoms with Gasteiger partial charge in [0.25, 0.3) is 5.91 Å². The molecule has 2 aliphatic heterocycles. The molecule has 1 aliphatic carbocycles. The third-order valence-electron chi connectivity index (χ3n) is 5.98. The van der Waals surface area contributed by atoms with Gasteiger partial charge in [-0.1, -0.05) is 12.1 Å². The molecule has 1 aromatic rings. The zero-order chi connectivity index (χ0) is 18.1. The van der Waals surface area contributed by atoms with E-state index in [9.17, 15) is 9.59 Å². The largest absolute Gasteiger partial charge is 0.384 e. The number of primary amides is 1. The van der Waals surface area contributed by atoms with E-state index in [2.05, 4.69) is 21.6 Å². The van der Waals surface area contributed by atoms with E-state index in [0.717, 1.165) is 43.7 Å². The molecular formula is C20H28N4O2. The number of amides is 2. The summed E-state index contributed by atoms with van der Waals surface area (Å²) in [5, 5.41) is 6.70. The fourth-order valence-corrected chi connectivity index (χ4v) is 4.46. The fourth-order valence-electron chi connectivity index (χ4n) is 4.46. The molecule has 0 radical (unpaired) electrons. The number of hydrogen-bond acceptors (Lipinski definition) is 4. The maximum Gasteiger partial charge on any atom is 0.253 e. The highest BCUT2D eigenvalue weighted by atomic mass is 16.2. The Kier molecular flexibility index (Phi) is 4.85. The first-order chi connectivity index (χ1) is 12.6. The summed E-state index contributed by atoms with van der Waals surface area (Å²) in [6.45, 7) is 3.37. The Hall–Kier alpha value is -2.08. The van der Waals surface area contributed by atoms with E-state index in [1.54, 1.807) is 0 Å². The summed E-state index contributed by atoms with van der Waals surface area (Å²) in [4.78, 5) is 26.3. The third-order valence-corrected chi connectivity index (χ3v) is 5.98. The minimum absolute atomic E-state index is 0.0173. The van der Waals surface area contributed by atoms with Crippen LogP contribution in [-0.4, -0.2) is 48.9 Å². The van der Waals surface area contributed by atoms with Crippen LogP contribution in [0.5, 0.6) is 0 Å². The van der Waals surface area contributed by atoms with Crippen LogP contribution in [0.3, 0.4) is 0 Å². The Morgan fingerprint density at radius 2 is 2.12 bits per heavy atom. The number of likely N-dealkylation sites (tertiary alicyclic amines) is 1. The zero-order valence-corrected chi connectivity index (χ0v) is 15.2. The second kappa shape index (κ2) is 7.27. The SMILES string of the molecule is NC(=O)CCN1C[C@H](NC(=O)c2cccc3c2NCCC3)[C@@H](C2CC2)C1. The number of para-hydroxylation sites is 1. The average molecular weight is 356 g/mol. The van der Waals surface area contributed by atoms with Gasteiger partial charge in [0.1, 0.15) is 0 Å². The van der Waals surface area contributed by atoms with Crippen molar-refractivity contribution in [1.82, 2.24) is 10.2 Å². The molecule has 4 rings (SSSR count). The lowest BCUT2D eigenvalue weighted by Gasteiger charge is -2.23. The molecule has 2 atom stereocenters. The molecule has 6 nitrogen and oxygen atoms in total. The molecule has 1 aromatic carbocycles. The third kappa shape index (κ3) is 3.70. The number of rotatable bonds is 6. The van der Waals surface area contributed by atoms with Gasteiger partial charge in [0.05, 0.1) is 11.3 Å². The van der Waals surface area contributed by atoms with Crippen LogP contribution in [0.2, 0.25) is 0 Å². The van der Waals surface area contributed by atoms with Crippen molar-refractivity contribution >= 4 is 17.5 Å². The predicted molar refractivity (Wildman–Crippen MR) is 101 cm³/mol. The molecule has 26 heavy (non-hydrogen) atoms. The Balaban J connectivity index is 1.45. The first-order valence-corrected chi connectivity index (χ1v) is 9.79. The van der Waals surface area contributed by atoms with Crippen LogP contribution >= 0.6 is 0 Å². The fraction of sp³-hybridized carbons (Fsp3) is 0.600. The monoisotopic (exact) mass is 356 g/mol. The van der Waals surface area contributed by atoms with Crippen molar-refractivity contribution in [2.24, 2.45) is 17.6 Å². The Bertz CT molecular complexity index is 701. The van der Waals surface area contributed by atoms with Gasteiger partial charge in [0, 0.05) is 38.6 Å². The van der Waals surface area contributed by atoms with Gasteiger partial charge in [-0.15, -0.1) is 0 Å². The van der Waals surface area contributed by atoms with E-state index in [0.29, 0.717) is 24.8 Å². The lowest BCUT2D eigenvalue weighted by atomic mass is 9.96. The van der Waals surface area contributed by atoms with E-state index in [1.165, 1.54) is 18.4 Å². The maximum atomic E-state index is 13.0. The van der Waals surface area contributed by atoms with Gasteiger partial charge in [-0.05, 0) is 49.1 Å². The number of benzene rings is 1. The van der Waals surface area contributed by atoms with Crippen molar-refractivity contribution in [2.45, 2.75) is 38.1 Å². The van der Waals surface area contributed by atoms with E-state index in [1.807, 2.05) is 12.1 Å². The Labute approximate surface area is 154 Å². The summed E-state index contributed by atoms with van der Waals surface area (Å²) in [5.41, 5.74) is 8.28. The second-order valence-corrected chi connectivity index (χ2v) is 7.93. The lowest BCUT2D eigenvalue weighted by molar-refractivity contribution is -0.118. The minimum atomic E-state index is -0.262. The van der Waals surface area contributed by atoms with Gasteiger partial charge < -0.3 is 21.3 Å². The summed E-state index contributed by atoms with van der Waals surface area (Å²) < 4.78 is 0. The first kappa shape index (κ1) is 17.3.